The average Bonchev–Trinajstić information content (AvgIpc) is 2.59. The van der Waals surface area contributed by atoms with E-state index in [-0.39, 0.29) is 5.91 Å². The number of amides is 1. The van der Waals surface area contributed by atoms with Gasteiger partial charge in [-0.15, -0.1) is 0 Å². The molecule has 1 aliphatic heterocycles. The molecule has 0 radical (unpaired) electrons. The molecule has 0 fully saturated rings. The van der Waals surface area contributed by atoms with Gasteiger partial charge in [-0.05, 0) is 38.1 Å². The molecular weight excluding hydrogens is 306 g/mol. The lowest BCUT2D eigenvalue weighted by Crippen LogP contribution is -2.49. The second-order valence-electron chi connectivity index (χ2n) is 6.32. The molecule has 126 valence electrons. The first-order valence-corrected chi connectivity index (χ1v) is 7.76. The Labute approximate surface area is 141 Å². The van der Waals surface area contributed by atoms with Crippen molar-refractivity contribution in [2.24, 2.45) is 0 Å². The van der Waals surface area contributed by atoms with Crippen LogP contribution < -0.4 is 19.1 Å². The van der Waals surface area contributed by atoms with E-state index in [1.54, 1.807) is 37.3 Å². The van der Waals surface area contributed by atoms with E-state index in [1.807, 2.05) is 38.1 Å². The molecule has 2 aromatic carbocycles. The van der Waals surface area contributed by atoms with Crippen molar-refractivity contribution < 1.29 is 19.0 Å². The first-order valence-electron chi connectivity index (χ1n) is 7.76. The van der Waals surface area contributed by atoms with E-state index in [4.69, 9.17) is 14.2 Å². The summed E-state index contributed by atoms with van der Waals surface area (Å²) in [5.74, 6) is 1.75. The molecule has 0 atom stereocenters. The van der Waals surface area contributed by atoms with Gasteiger partial charge in [-0.3, -0.25) is 4.79 Å². The second-order valence-corrected chi connectivity index (χ2v) is 6.32. The van der Waals surface area contributed by atoms with Crippen molar-refractivity contribution >= 4 is 11.6 Å². The van der Waals surface area contributed by atoms with Gasteiger partial charge in [-0.2, -0.15) is 0 Å². The summed E-state index contributed by atoms with van der Waals surface area (Å²) in [4.78, 5) is 14.9. The van der Waals surface area contributed by atoms with Crippen molar-refractivity contribution in [1.82, 2.24) is 0 Å². The minimum atomic E-state index is -0.465. The van der Waals surface area contributed by atoms with E-state index >= 15 is 0 Å². The quantitative estimate of drug-likeness (QED) is 0.865. The van der Waals surface area contributed by atoms with E-state index in [0.717, 1.165) is 5.69 Å². The highest BCUT2D eigenvalue weighted by molar-refractivity contribution is 6.07. The molecule has 5 heteroatoms. The van der Waals surface area contributed by atoms with Gasteiger partial charge < -0.3 is 19.1 Å². The van der Waals surface area contributed by atoms with Crippen LogP contribution in [0.4, 0.5) is 5.69 Å². The van der Waals surface area contributed by atoms with Crippen LogP contribution >= 0.6 is 0 Å². The Morgan fingerprint density at radius 2 is 1.71 bits per heavy atom. The van der Waals surface area contributed by atoms with Crippen LogP contribution in [0.5, 0.6) is 17.2 Å². The van der Waals surface area contributed by atoms with Gasteiger partial charge in [0.25, 0.3) is 5.91 Å². The number of carbonyl (C=O) groups excluding carboxylic acids is 1. The minimum Gasteiger partial charge on any atom is -0.497 e. The number of ether oxygens (including phenoxy) is 3. The zero-order valence-corrected chi connectivity index (χ0v) is 14.3. The van der Waals surface area contributed by atoms with Crippen LogP contribution in [0.2, 0.25) is 0 Å². The van der Waals surface area contributed by atoms with Gasteiger partial charge in [0.2, 0.25) is 0 Å². The highest BCUT2D eigenvalue weighted by atomic mass is 16.5. The van der Waals surface area contributed by atoms with Crippen LogP contribution in [0.3, 0.4) is 0 Å². The van der Waals surface area contributed by atoms with E-state index in [0.29, 0.717) is 29.4 Å². The van der Waals surface area contributed by atoms with E-state index in [2.05, 4.69) is 0 Å². The first kappa shape index (κ1) is 16.2. The fourth-order valence-corrected chi connectivity index (χ4v) is 2.83. The fraction of sp³-hybridized carbons (Fsp3) is 0.316. The summed E-state index contributed by atoms with van der Waals surface area (Å²) in [5.41, 5.74) is 0.815. The van der Waals surface area contributed by atoms with Gasteiger partial charge >= 0.3 is 0 Å². The molecule has 0 aliphatic carbocycles. The third-order valence-electron chi connectivity index (χ3n) is 3.92. The monoisotopic (exact) mass is 327 g/mol. The summed E-state index contributed by atoms with van der Waals surface area (Å²) in [6.45, 7) is 4.40. The predicted octanol–water partition coefficient (Wildman–Crippen LogP) is 3.52. The number of benzene rings is 2. The Hall–Kier alpha value is -2.69. The Morgan fingerprint density at radius 1 is 1.08 bits per heavy atom. The third-order valence-corrected chi connectivity index (χ3v) is 3.92. The number of nitrogens with zero attached hydrogens (tertiary/aromatic N) is 1. The van der Waals surface area contributed by atoms with Gasteiger partial charge in [0, 0.05) is 11.6 Å². The molecule has 2 aromatic rings. The van der Waals surface area contributed by atoms with E-state index < -0.39 is 5.60 Å². The highest BCUT2D eigenvalue weighted by Gasteiger charge is 2.35. The van der Waals surface area contributed by atoms with Crippen LogP contribution in [0.15, 0.2) is 42.5 Å². The fourth-order valence-electron chi connectivity index (χ4n) is 2.83. The molecule has 1 aliphatic rings. The van der Waals surface area contributed by atoms with Crippen LogP contribution in [-0.4, -0.2) is 32.3 Å². The average molecular weight is 327 g/mol. The first-order chi connectivity index (χ1) is 11.4. The predicted molar refractivity (Wildman–Crippen MR) is 92.4 cm³/mol. The van der Waals surface area contributed by atoms with Crippen LogP contribution in [-0.2, 0) is 0 Å². The topological polar surface area (TPSA) is 48.0 Å². The van der Waals surface area contributed by atoms with E-state index in [9.17, 15) is 4.79 Å². The summed E-state index contributed by atoms with van der Waals surface area (Å²) >= 11 is 0. The molecule has 0 spiro atoms. The van der Waals surface area contributed by atoms with Crippen molar-refractivity contribution in [2.45, 2.75) is 19.4 Å². The maximum atomic E-state index is 13.1. The number of anilines is 1. The second kappa shape index (κ2) is 6.07. The van der Waals surface area contributed by atoms with Crippen molar-refractivity contribution in [3.63, 3.8) is 0 Å². The molecule has 0 N–H and O–H groups in total. The standard InChI is InChI=1S/C19H21NO4/c1-19(2)12-20(16-7-5-6-8-17(16)24-19)18(21)13-9-14(22-3)11-15(10-13)23-4/h5-11H,12H2,1-4H3. The van der Waals surface area contributed by atoms with Gasteiger partial charge in [0.1, 0.15) is 22.8 Å². The molecule has 1 amide bonds. The zero-order valence-electron chi connectivity index (χ0n) is 14.3. The summed E-state index contributed by atoms with van der Waals surface area (Å²) in [7, 11) is 3.13. The summed E-state index contributed by atoms with van der Waals surface area (Å²) < 4.78 is 16.5. The number of hydrogen-bond acceptors (Lipinski definition) is 4. The maximum absolute atomic E-state index is 13.1. The molecular formula is C19H21NO4. The zero-order chi connectivity index (χ0) is 17.3. The minimum absolute atomic E-state index is 0.115. The number of para-hydroxylation sites is 2. The Bertz CT molecular complexity index is 747. The Kier molecular flexibility index (Phi) is 4.09. The largest absolute Gasteiger partial charge is 0.497 e. The van der Waals surface area contributed by atoms with E-state index in [1.165, 1.54) is 0 Å². The van der Waals surface area contributed by atoms with Crippen LogP contribution in [0.1, 0.15) is 24.2 Å². The molecule has 0 aromatic heterocycles. The maximum Gasteiger partial charge on any atom is 0.258 e. The van der Waals surface area contributed by atoms with Crippen LogP contribution in [0, 0.1) is 0 Å². The lowest BCUT2D eigenvalue weighted by Gasteiger charge is -2.39. The molecule has 0 saturated carbocycles. The number of hydrogen-bond donors (Lipinski definition) is 0. The van der Waals surface area contributed by atoms with Crippen molar-refractivity contribution in [1.29, 1.82) is 0 Å². The molecule has 0 bridgehead atoms. The molecule has 24 heavy (non-hydrogen) atoms. The molecule has 5 nitrogen and oxygen atoms in total. The third kappa shape index (κ3) is 3.02. The summed E-state index contributed by atoms with van der Waals surface area (Å²) in [6.07, 6.45) is 0. The summed E-state index contributed by atoms with van der Waals surface area (Å²) in [6, 6.07) is 12.7. The van der Waals surface area contributed by atoms with Gasteiger partial charge in [0.05, 0.1) is 26.5 Å². The number of rotatable bonds is 3. The number of carbonyl (C=O) groups is 1. The summed E-state index contributed by atoms with van der Waals surface area (Å²) in [5, 5.41) is 0. The number of fused-ring (bicyclic) bond motifs is 1. The lowest BCUT2D eigenvalue weighted by atomic mass is 10.0. The lowest BCUT2D eigenvalue weighted by molar-refractivity contribution is 0.0836. The Morgan fingerprint density at radius 3 is 2.33 bits per heavy atom. The van der Waals surface area contributed by atoms with Crippen molar-refractivity contribution in [3.05, 3.63) is 48.0 Å². The molecule has 3 rings (SSSR count). The molecule has 0 saturated heterocycles. The van der Waals surface area contributed by atoms with Gasteiger partial charge in [-0.1, -0.05) is 12.1 Å². The Balaban J connectivity index is 2.04. The SMILES string of the molecule is COc1cc(OC)cc(C(=O)N2CC(C)(C)Oc3ccccc32)c1. The van der Waals surface area contributed by atoms with Crippen molar-refractivity contribution in [3.8, 4) is 17.2 Å². The van der Waals surface area contributed by atoms with Crippen LogP contribution in [0.25, 0.3) is 0 Å². The normalized spacial score (nSPS) is 15.2. The number of methoxy groups -OCH3 is 2. The highest BCUT2D eigenvalue weighted by Crippen LogP contribution is 2.38. The van der Waals surface area contributed by atoms with Crippen molar-refractivity contribution in [2.75, 3.05) is 25.7 Å². The molecule has 1 heterocycles. The molecule has 0 unspecified atom stereocenters. The smallest absolute Gasteiger partial charge is 0.258 e. The van der Waals surface area contributed by atoms with Gasteiger partial charge in [-0.25, -0.2) is 0 Å². The van der Waals surface area contributed by atoms with Gasteiger partial charge in [0.15, 0.2) is 0 Å².